The van der Waals surface area contributed by atoms with Crippen molar-refractivity contribution < 1.29 is 23.9 Å². The van der Waals surface area contributed by atoms with Crippen LogP contribution < -0.4 is 0 Å². The van der Waals surface area contributed by atoms with Crippen molar-refractivity contribution in [2.24, 2.45) is 11.3 Å². The second-order valence-corrected chi connectivity index (χ2v) is 7.25. The third-order valence-electron chi connectivity index (χ3n) is 4.65. The molecule has 2 fully saturated rings. The van der Waals surface area contributed by atoms with Crippen molar-refractivity contribution in [2.45, 2.75) is 52.1 Å². The summed E-state index contributed by atoms with van der Waals surface area (Å²) in [5.74, 6) is -1.14. The summed E-state index contributed by atoms with van der Waals surface area (Å²) >= 11 is 0. The van der Waals surface area contributed by atoms with Crippen molar-refractivity contribution in [3.8, 4) is 0 Å². The Kier molecular flexibility index (Phi) is 4.49. The van der Waals surface area contributed by atoms with Crippen LogP contribution in [0.25, 0.3) is 0 Å². The molecule has 6 nitrogen and oxygen atoms in total. The molecule has 22 heavy (non-hydrogen) atoms. The SMILES string of the molecule is COC(=O)C1C(=O)CCC12CCN(C(=O)OC(C)(C)C)CC2. The van der Waals surface area contributed by atoms with Gasteiger partial charge in [0.15, 0.2) is 0 Å². The van der Waals surface area contributed by atoms with E-state index in [2.05, 4.69) is 0 Å². The first-order chi connectivity index (χ1) is 10.2. The van der Waals surface area contributed by atoms with Gasteiger partial charge in [0.05, 0.1) is 7.11 Å². The van der Waals surface area contributed by atoms with Crippen LogP contribution in [-0.4, -0.2) is 48.5 Å². The third kappa shape index (κ3) is 3.25. The van der Waals surface area contributed by atoms with Gasteiger partial charge in [0, 0.05) is 19.5 Å². The monoisotopic (exact) mass is 311 g/mol. The van der Waals surface area contributed by atoms with Gasteiger partial charge in [-0.2, -0.15) is 0 Å². The number of esters is 1. The molecule has 0 bridgehead atoms. The average molecular weight is 311 g/mol. The number of ether oxygens (including phenoxy) is 2. The van der Waals surface area contributed by atoms with Gasteiger partial charge in [0.1, 0.15) is 17.3 Å². The molecule has 1 heterocycles. The predicted octanol–water partition coefficient (Wildman–Crippen LogP) is 2.16. The highest BCUT2D eigenvalue weighted by molar-refractivity contribution is 6.01. The molecule has 0 aromatic heterocycles. The summed E-state index contributed by atoms with van der Waals surface area (Å²) < 4.78 is 10.2. The Morgan fingerprint density at radius 3 is 2.27 bits per heavy atom. The van der Waals surface area contributed by atoms with Crippen molar-refractivity contribution in [1.82, 2.24) is 4.90 Å². The number of carbonyl (C=O) groups is 3. The van der Waals surface area contributed by atoms with Crippen molar-refractivity contribution in [2.75, 3.05) is 20.2 Å². The van der Waals surface area contributed by atoms with E-state index in [0.29, 0.717) is 38.8 Å². The fourth-order valence-corrected chi connectivity index (χ4v) is 3.50. The quantitative estimate of drug-likeness (QED) is 0.548. The summed E-state index contributed by atoms with van der Waals surface area (Å²) in [6.07, 6.45) is 2.07. The number of carbonyl (C=O) groups excluding carboxylic acids is 3. The molecule has 1 amide bonds. The lowest BCUT2D eigenvalue weighted by Gasteiger charge is -2.41. The Morgan fingerprint density at radius 1 is 1.18 bits per heavy atom. The first kappa shape index (κ1) is 16.8. The number of amides is 1. The fraction of sp³-hybridized carbons (Fsp3) is 0.812. The molecule has 1 aliphatic carbocycles. The van der Waals surface area contributed by atoms with Crippen LogP contribution in [0.1, 0.15) is 46.5 Å². The minimum atomic E-state index is -0.668. The van der Waals surface area contributed by atoms with E-state index in [1.165, 1.54) is 7.11 Å². The Morgan fingerprint density at radius 2 is 1.77 bits per heavy atom. The van der Waals surface area contributed by atoms with Gasteiger partial charge in [-0.3, -0.25) is 9.59 Å². The molecule has 1 aliphatic heterocycles. The molecule has 1 atom stereocenters. The number of nitrogens with zero attached hydrogens (tertiary/aromatic N) is 1. The van der Waals surface area contributed by atoms with E-state index in [-0.39, 0.29) is 17.3 Å². The second kappa shape index (κ2) is 5.89. The molecule has 0 aromatic carbocycles. The lowest BCUT2D eigenvalue weighted by molar-refractivity contribution is -0.153. The van der Waals surface area contributed by atoms with Gasteiger partial charge >= 0.3 is 12.1 Å². The van der Waals surface area contributed by atoms with E-state index in [9.17, 15) is 14.4 Å². The minimum absolute atomic E-state index is 0.0300. The number of ketones is 1. The number of piperidine rings is 1. The zero-order valence-corrected chi connectivity index (χ0v) is 13.8. The van der Waals surface area contributed by atoms with Crippen molar-refractivity contribution in [3.63, 3.8) is 0 Å². The highest BCUT2D eigenvalue weighted by Crippen LogP contribution is 2.49. The molecular weight excluding hydrogens is 286 g/mol. The summed E-state index contributed by atoms with van der Waals surface area (Å²) in [6, 6.07) is 0. The Balaban J connectivity index is 2.03. The molecule has 124 valence electrons. The smallest absolute Gasteiger partial charge is 0.410 e. The van der Waals surface area contributed by atoms with E-state index in [1.54, 1.807) is 4.90 Å². The summed E-state index contributed by atoms with van der Waals surface area (Å²) in [7, 11) is 1.32. The van der Waals surface area contributed by atoms with Gasteiger partial charge in [-0.15, -0.1) is 0 Å². The van der Waals surface area contributed by atoms with Gasteiger partial charge in [0.2, 0.25) is 0 Å². The van der Waals surface area contributed by atoms with Gasteiger partial charge in [-0.05, 0) is 45.4 Å². The largest absolute Gasteiger partial charge is 0.468 e. The van der Waals surface area contributed by atoms with Crippen LogP contribution in [0, 0.1) is 11.3 Å². The molecule has 6 heteroatoms. The van der Waals surface area contributed by atoms with Crippen molar-refractivity contribution in [1.29, 1.82) is 0 Å². The van der Waals surface area contributed by atoms with Crippen LogP contribution >= 0.6 is 0 Å². The summed E-state index contributed by atoms with van der Waals surface area (Å²) in [6.45, 7) is 6.52. The van der Waals surface area contributed by atoms with Crippen LogP contribution in [0.5, 0.6) is 0 Å². The molecule has 2 rings (SSSR count). The van der Waals surface area contributed by atoms with Crippen LogP contribution in [0.3, 0.4) is 0 Å². The Bertz CT molecular complexity index is 471. The van der Waals surface area contributed by atoms with E-state index in [1.807, 2.05) is 20.8 Å². The van der Waals surface area contributed by atoms with Crippen LogP contribution in [0.2, 0.25) is 0 Å². The molecule has 2 aliphatic rings. The Labute approximate surface area is 131 Å². The molecular formula is C16H25NO5. The van der Waals surface area contributed by atoms with E-state index in [0.717, 1.165) is 0 Å². The number of methoxy groups -OCH3 is 1. The molecule has 0 radical (unpaired) electrons. The van der Waals surface area contributed by atoms with Gasteiger partial charge in [-0.25, -0.2) is 4.79 Å². The first-order valence-electron chi connectivity index (χ1n) is 7.77. The maximum absolute atomic E-state index is 12.1. The number of rotatable bonds is 1. The number of likely N-dealkylation sites (tertiary alicyclic amines) is 1. The van der Waals surface area contributed by atoms with Gasteiger partial charge in [-0.1, -0.05) is 0 Å². The van der Waals surface area contributed by atoms with Crippen LogP contribution in [0.15, 0.2) is 0 Å². The number of Topliss-reactive ketones (excluding diaryl/α,β-unsaturated/α-hetero) is 1. The molecule has 0 N–H and O–H groups in total. The average Bonchev–Trinajstić information content (AvgIpc) is 2.74. The van der Waals surface area contributed by atoms with Crippen molar-refractivity contribution in [3.05, 3.63) is 0 Å². The van der Waals surface area contributed by atoms with Crippen molar-refractivity contribution >= 4 is 17.8 Å². The predicted molar refractivity (Wildman–Crippen MR) is 79.2 cm³/mol. The zero-order valence-electron chi connectivity index (χ0n) is 13.8. The number of hydrogen-bond donors (Lipinski definition) is 0. The zero-order chi connectivity index (χ0) is 16.5. The number of hydrogen-bond acceptors (Lipinski definition) is 5. The van der Waals surface area contributed by atoms with Crippen LogP contribution in [-0.2, 0) is 19.1 Å². The maximum Gasteiger partial charge on any atom is 0.410 e. The molecule has 1 spiro atoms. The highest BCUT2D eigenvalue weighted by Gasteiger charge is 2.53. The standard InChI is InChI=1S/C16H25NO5/c1-15(2,3)22-14(20)17-9-7-16(8-10-17)6-5-11(18)12(16)13(19)21-4/h12H,5-10H2,1-4H3. The first-order valence-corrected chi connectivity index (χ1v) is 7.77. The molecule has 0 aromatic rings. The maximum atomic E-state index is 12.1. The molecule has 1 saturated carbocycles. The fourth-order valence-electron chi connectivity index (χ4n) is 3.50. The minimum Gasteiger partial charge on any atom is -0.468 e. The van der Waals surface area contributed by atoms with E-state index < -0.39 is 17.5 Å². The normalized spacial score (nSPS) is 24.5. The molecule has 1 saturated heterocycles. The topological polar surface area (TPSA) is 72.9 Å². The molecule has 1 unspecified atom stereocenters. The van der Waals surface area contributed by atoms with E-state index in [4.69, 9.17) is 9.47 Å². The van der Waals surface area contributed by atoms with Gasteiger partial charge in [0.25, 0.3) is 0 Å². The summed E-state index contributed by atoms with van der Waals surface area (Å²) in [4.78, 5) is 37.8. The highest BCUT2D eigenvalue weighted by atomic mass is 16.6. The summed E-state index contributed by atoms with van der Waals surface area (Å²) in [5, 5.41) is 0. The van der Waals surface area contributed by atoms with Gasteiger partial charge < -0.3 is 14.4 Å². The summed E-state index contributed by atoms with van der Waals surface area (Å²) in [5.41, 5.74) is -0.868. The lowest BCUT2D eigenvalue weighted by atomic mass is 9.70. The van der Waals surface area contributed by atoms with Crippen LogP contribution in [0.4, 0.5) is 4.79 Å². The third-order valence-corrected chi connectivity index (χ3v) is 4.65. The Hall–Kier alpha value is -1.59. The van der Waals surface area contributed by atoms with E-state index >= 15 is 0 Å². The second-order valence-electron chi connectivity index (χ2n) is 7.25. The lowest BCUT2D eigenvalue weighted by Crippen LogP contribution is -2.48.